The number of alkyl halides is 2. The van der Waals surface area contributed by atoms with Crippen molar-refractivity contribution in [2.24, 2.45) is 0 Å². The molecule has 1 heterocycles. The molecule has 104 valence electrons. The highest BCUT2D eigenvalue weighted by molar-refractivity contribution is 5.81. The molecule has 0 aromatic carbocycles. The van der Waals surface area contributed by atoms with Gasteiger partial charge in [-0.1, -0.05) is 0 Å². The highest BCUT2D eigenvalue weighted by Gasteiger charge is 2.53. The molecule has 0 aromatic rings. The number of likely N-dealkylation sites (tertiary alicyclic amines) is 1. The van der Waals surface area contributed by atoms with Gasteiger partial charge in [-0.15, -0.1) is 0 Å². The van der Waals surface area contributed by atoms with Crippen molar-refractivity contribution < 1.29 is 28.2 Å². The zero-order valence-corrected chi connectivity index (χ0v) is 10.6. The van der Waals surface area contributed by atoms with E-state index in [1.807, 2.05) is 0 Å². The third kappa shape index (κ3) is 3.30. The third-order valence-electron chi connectivity index (χ3n) is 2.48. The van der Waals surface area contributed by atoms with E-state index in [-0.39, 0.29) is 13.0 Å². The number of nitrogens with zero attached hydrogens (tertiary/aromatic N) is 1. The van der Waals surface area contributed by atoms with Gasteiger partial charge in [-0.05, 0) is 27.2 Å². The maximum atomic E-state index is 13.5. The first-order valence-corrected chi connectivity index (χ1v) is 5.65. The monoisotopic (exact) mass is 265 g/mol. The lowest BCUT2D eigenvalue weighted by Crippen LogP contribution is -2.59. The summed E-state index contributed by atoms with van der Waals surface area (Å²) in [5, 5.41) is 8.86. The van der Waals surface area contributed by atoms with Crippen molar-refractivity contribution in [3.8, 4) is 0 Å². The van der Waals surface area contributed by atoms with Crippen LogP contribution >= 0.6 is 0 Å². The molecule has 0 aliphatic carbocycles. The number of carbonyl (C=O) groups is 2. The van der Waals surface area contributed by atoms with Crippen LogP contribution < -0.4 is 0 Å². The fourth-order valence-corrected chi connectivity index (χ4v) is 1.81. The fraction of sp³-hybridized carbons (Fsp3) is 0.818. The highest BCUT2D eigenvalue weighted by Crippen LogP contribution is 2.34. The second-order valence-electron chi connectivity index (χ2n) is 5.28. The molecule has 1 aliphatic heterocycles. The van der Waals surface area contributed by atoms with Crippen LogP contribution in [0.1, 0.15) is 33.6 Å². The van der Waals surface area contributed by atoms with E-state index < -0.39 is 36.0 Å². The Morgan fingerprint density at radius 2 is 1.94 bits per heavy atom. The van der Waals surface area contributed by atoms with Crippen LogP contribution in [0.3, 0.4) is 0 Å². The van der Waals surface area contributed by atoms with Gasteiger partial charge in [-0.25, -0.2) is 18.4 Å². The second-order valence-corrected chi connectivity index (χ2v) is 5.28. The van der Waals surface area contributed by atoms with Crippen LogP contribution in [-0.2, 0) is 9.53 Å². The first-order valence-electron chi connectivity index (χ1n) is 5.65. The number of amides is 1. The highest BCUT2D eigenvalue weighted by atomic mass is 19.3. The molecular weight excluding hydrogens is 248 g/mol. The van der Waals surface area contributed by atoms with Gasteiger partial charge >= 0.3 is 12.1 Å². The standard InChI is InChI=1S/C11H17F2NO4/c1-10(2,3)18-9(17)14-6-4-5-11(12,13)7(14)8(15)16/h7H,4-6H2,1-3H3,(H,15,16)/t7-/m1/s1. The minimum atomic E-state index is -3.43. The SMILES string of the molecule is CC(C)(C)OC(=O)N1CCCC(F)(F)[C@H]1C(=O)O. The van der Waals surface area contributed by atoms with Crippen molar-refractivity contribution in [3.63, 3.8) is 0 Å². The molecule has 0 spiro atoms. The molecule has 0 bridgehead atoms. The predicted octanol–water partition coefficient (Wildman–Crippen LogP) is 2.11. The molecule has 1 amide bonds. The molecule has 1 atom stereocenters. The number of ether oxygens (including phenoxy) is 1. The van der Waals surface area contributed by atoms with Gasteiger partial charge in [-0.2, -0.15) is 0 Å². The predicted molar refractivity (Wildman–Crippen MR) is 58.5 cm³/mol. The number of carboxylic acid groups (broad SMARTS) is 1. The largest absolute Gasteiger partial charge is 0.480 e. The lowest BCUT2D eigenvalue weighted by Gasteiger charge is -2.38. The number of halogens is 2. The van der Waals surface area contributed by atoms with E-state index in [0.29, 0.717) is 4.90 Å². The Labute approximate surface area is 104 Å². The molecule has 1 rings (SSSR count). The number of hydrogen-bond donors (Lipinski definition) is 1. The lowest BCUT2D eigenvalue weighted by atomic mass is 9.98. The van der Waals surface area contributed by atoms with E-state index in [0.717, 1.165) is 0 Å². The number of carbonyl (C=O) groups excluding carboxylic acids is 1. The van der Waals surface area contributed by atoms with Crippen LogP contribution in [0.15, 0.2) is 0 Å². The number of rotatable bonds is 1. The van der Waals surface area contributed by atoms with Gasteiger partial charge in [-0.3, -0.25) is 4.90 Å². The molecule has 7 heteroatoms. The minimum Gasteiger partial charge on any atom is -0.480 e. The van der Waals surface area contributed by atoms with Crippen molar-refractivity contribution in [3.05, 3.63) is 0 Å². The summed E-state index contributed by atoms with van der Waals surface area (Å²) in [5.41, 5.74) is -0.854. The molecule has 0 radical (unpaired) electrons. The maximum absolute atomic E-state index is 13.5. The summed E-state index contributed by atoms with van der Waals surface area (Å²) in [6.07, 6.45) is -1.51. The molecule has 1 N–H and O–H groups in total. The van der Waals surface area contributed by atoms with Crippen molar-refractivity contribution in [1.29, 1.82) is 0 Å². The van der Waals surface area contributed by atoms with E-state index in [4.69, 9.17) is 9.84 Å². The quantitative estimate of drug-likeness (QED) is 0.788. The van der Waals surface area contributed by atoms with E-state index in [1.165, 1.54) is 0 Å². The summed E-state index contributed by atoms with van der Waals surface area (Å²) in [5.74, 6) is -5.15. The van der Waals surface area contributed by atoms with Crippen molar-refractivity contribution in [2.75, 3.05) is 6.54 Å². The average Bonchev–Trinajstić information content (AvgIpc) is 2.11. The van der Waals surface area contributed by atoms with Gasteiger partial charge in [0.15, 0.2) is 6.04 Å². The summed E-state index contributed by atoms with van der Waals surface area (Å²) in [4.78, 5) is 23.2. The maximum Gasteiger partial charge on any atom is 0.411 e. The van der Waals surface area contributed by atoms with E-state index in [9.17, 15) is 18.4 Å². The van der Waals surface area contributed by atoms with Gasteiger partial charge < -0.3 is 9.84 Å². The Hall–Kier alpha value is -1.40. The van der Waals surface area contributed by atoms with Crippen LogP contribution in [0.25, 0.3) is 0 Å². The number of piperidine rings is 1. The van der Waals surface area contributed by atoms with Gasteiger partial charge in [0.25, 0.3) is 5.92 Å². The molecule has 1 saturated heterocycles. The first kappa shape index (κ1) is 14.7. The lowest BCUT2D eigenvalue weighted by molar-refractivity contribution is -0.167. The van der Waals surface area contributed by atoms with Gasteiger partial charge in [0.1, 0.15) is 5.60 Å². The summed E-state index contributed by atoms with van der Waals surface area (Å²) >= 11 is 0. The Morgan fingerprint density at radius 1 is 1.39 bits per heavy atom. The van der Waals surface area contributed by atoms with E-state index in [2.05, 4.69) is 0 Å². The molecule has 18 heavy (non-hydrogen) atoms. The van der Waals surface area contributed by atoms with Crippen LogP contribution in [0.4, 0.5) is 13.6 Å². The Balaban J connectivity index is 2.91. The number of hydrogen-bond acceptors (Lipinski definition) is 3. The summed E-state index contributed by atoms with van der Waals surface area (Å²) in [7, 11) is 0. The van der Waals surface area contributed by atoms with E-state index >= 15 is 0 Å². The van der Waals surface area contributed by atoms with Crippen molar-refractivity contribution in [2.45, 2.75) is 51.2 Å². The van der Waals surface area contributed by atoms with Crippen LogP contribution in [0.5, 0.6) is 0 Å². The van der Waals surface area contributed by atoms with Crippen molar-refractivity contribution in [1.82, 2.24) is 4.90 Å². The molecule has 0 aromatic heterocycles. The summed E-state index contributed by atoms with van der Waals surface area (Å²) in [6, 6.07) is -2.15. The molecule has 0 saturated carbocycles. The Kier molecular flexibility index (Phi) is 3.83. The summed E-state index contributed by atoms with van der Waals surface area (Å²) in [6.45, 7) is 4.72. The topological polar surface area (TPSA) is 66.8 Å². The average molecular weight is 265 g/mol. The molecule has 1 fully saturated rings. The van der Waals surface area contributed by atoms with Gasteiger partial charge in [0.05, 0.1) is 0 Å². The number of aliphatic carboxylic acids is 1. The van der Waals surface area contributed by atoms with Crippen LogP contribution in [-0.4, -0.2) is 46.2 Å². The summed E-state index contributed by atoms with van der Waals surface area (Å²) < 4.78 is 32.0. The fourth-order valence-electron chi connectivity index (χ4n) is 1.81. The Bertz CT molecular complexity index is 351. The van der Waals surface area contributed by atoms with E-state index in [1.54, 1.807) is 20.8 Å². The van der Waals surface area contributed by atoms with Crippen LogP contribution in [0.2, 0.25) is 0 Å². The Morgan fingerprint density at radius 3 is 2.39 bits per heavy atom. The second kappa shape index (κ2) is 4.70. The zero-order valence-electron chi connectivity index (χ0n) is 10.6. The smallest absolute Gasteiger partial charge is 0.411 e. The molecule has 5 nitrogen and oxygen atoms in total. The first-order chi connectivity index (χ1) is 8.04. The minimum absolute atomic E-state index is 0.0402. The number of carboxylic acids is 1. The molecule has 1 aliphatic rings. The normalized spacial score (nSPS) is 23.6. The third-order valence-corrected chi connectivity index (χ3v) is 2.48. The van der Waals surface area contributed by atoms with Gasteiger partial charge in [0.2, 0.25) is 0 Å². The van der Waals surface area contributed by atoms with Gasteiger partial charge in [0, 0.05) is 13.0 Å². The molecule has 0 unspecified atom stereocenters. The zero-order chi connectivity index (χ0) is 14.1. The van der Waals surface area contributed by atoms with Crippen LogP contribution in [0, 0.1) is 0 Å². The van der Waals surface area contributed by atoms with Crippen molar-refractivity contribution >= 4 is 12.1 Å². The molecular formula is C11H17F2NO4.